The van der Waals surface area contributed by atoms with E-state index < -0.39 is 61.2 Å². The summed E-state index contributed by atoms with van der Waals surface area (Å²) in [5, 5.41) is 0. The van der Waals surface area contributed by atoms with Crippen LogP contribution in [0.3, 0.4) is 0 Å². The Labute approximate surface area is 131 Å². The van der Waals surface area contributed by atoms with E-state index in [9.17, 15) is 61.5 Å². The van der Waals surface area contributed by atoms with Gasteiger partial charge >= 0.3 is 30.4 Å². The predicted molar refractivity (Wildman–Crippen MR) is 54.9 cm³/mol. The Morgan fingerprint density at radius 3 is 1.08 bits per heavy atom. The normalized spacial score (nSPS) is 16.9. The first-order chi connectivity index (χ1) is 10.7. The molecule has 1 unspecified atom stereocenters. The molecular weight excluding hydrogens is 398 g/mol. The molecule has 0 aromatic rings. The second-order valence-electron chi connectivity index (χ2n) is 5.19. The van der Waals surface area contributed by atoms with E-state index in [0.717, 1.165) is 6.92 Å². The van der Waals surface area contributed by atoms with Crippen molar-refractivity contribution < 1.29 is 61.5 Å². The standard InChI is InChI=1S/C11H10F14/c1-2-3-5(7(13,10(20,21)22)11(23,24)25)4-6(12,8(14,15)16)9(17,18)19/h5H,2-4H2,1H3. The highest BCUT2D eigenvalue weighted by molar-refractivity contribution is 5.05. The smallest absolute Gasteiger partial charge is 0.224 e. The van der Waals surface area contributed by atoms with Crippen LogP contribution >= 0.6 is 0 Å². The molecule has 0 aromatic carbocycles. The van der Waals surface area contributed by atoms with Gasteiger partial charge in [0.15, 0.2) is 0 Å². The maximum absolute atomic E-state index is 13.8. The van der Waals surface area contributed by atoms with E-state index in [1.54, 1.807) is 0 Å². The molecule has 0 radical (unpaired) electrons. The summed E-state index contributed by atoms with van der Waals surface area (Å²) in [6, 6.07) is 0. The van der Waals surface area contributed by atoms with Gasteiger partial charge < -0.3 is 0 Å². The van der Waals surface area contributed by atoms with Gasteiger partial charge in [0.05, 0.1) is 0 Å². The minimum Gasteiger partial charge on any atom is -0.224 e. The van der Waals surface area contributed by atoms with Crippen molar-refractivity contribution in [2.24, 2.45) is 5.92 Å². The molecule has 0 amide bonds. The second-order valence-corrected chi connectivity index (χ2v) is 5.19. The lowest BCUT2D eigenvalue weighted by Gasteiger charge is -2.40. The Kier molecular flexibility index (Phi) is 6.37. The molecule has 0 aliphatic heterocycles. The molecule has 0 saturated heterocycles. The zero-order valence-corrected chi connectivity index (χ0v) is 12.0. The fraction of sp³-hybridized carbons (Fsp3) is 1.00. The summed E-state index contributed by atoms with van der Waals surface area (Å²) in [6.07, 6.45) is -33.7. The fourth-order valence-corrected chi connectivity index (χ4v) is 2.15. The zero-order chi connectivity index (χ0) is 20.7. The van der Waals surface area contributed by atoms with E-state index in [-0.39, 0.29) is 0 Å². The van der Waals surface area contributed by atoms with Gasteiger partial charge in [0.1, 0.15) is 0 Å². The minimum absolute atomic E-state index is 0.779. The summed E-state index contributed by atoms with van der Waals surface area (Å²) in [5.41, 5.74) is -12.9. The highest BCUT2D eigenvalue weighted by Crippen LogP contribution is 2.58. The zero-order valence-electron chi connectivity index (χ0n) is 12.0. The van der Waals surface area contributed by atoms with Crippen molar-refractivity contribution in [2.75, 3.05) is 0 Å². The molecule has 0 rings (SSSR count). The average Bonchev–Trinajstić information content (AvgIpc) is 2.31. The van der Waals surface area contributed by atoms with Gasteiger partial charge in [-0.1, -0.05) is 13.3 Å². The molecule has 14 heteroatoms. The molecule has 0 nitrogen and oxygen atoms in total. The summed E-state index contributed by atoms with van der Waals surface area (Å²) >= 11 is 0. The van der Waals surface area contributed by atoms with Crippen molar-refractivity contribution in [3.05, 3.63) is 0 Å². The lowest BCUT2D eigenvalue weighted by Crippen LogP contribution is -2.62. The van der Waals surface area contributed by atoms with Crippen molar-refractivity contribution in [3.63, 3.8) is 0 Å². The van der Waals surface area contributed by atoms with Crippen LogP contribution in [0.4, 0.5) is 61.5 Å². The van der Waals surface area contributed by atoms with Gasteiger partial charge in [0.25, 0.3) is 5.67 Å². The van der Waals surface area contributed by atoms with Crippen LogP contribution in [0.1, 0.15) is 26.2 Å². The molecule has 1 atom stereocenters. The van der Waals surface area contributed by atoms with Gasteiger partial charge in [-0.2, -0.15) is 52.7 Å². The predicted octanol–water partition coefficient (Wildman–Crippen LogP) is 6.46. The highest BCUT2D eigenvalue weighted by Gasteiger charge is 2.80. The molecule has 0 aliphatic rings. The number of rotatable bonds is 5. The van der Waals surface area contributed by atoms with Gasteiger partial charge in [-0.3, -0.25) is 0 Å². The summed E-state index contributed by atoms with van der Waals surface area (Å²) < 4.78 is 177. The topological polar surface area (TPSA) is 0 Å². The van der Waals surface area contributed by atoms with E-state index in [2.05, 4.69) is 0 Å². The Bertz CT molecular complexity index is 408. The largest absolute Gasteiger partial charge is 0.431 e. The molecule has 0 saturated carbocycles. The fourth-order valence-electron chi connectivity index (χ4n) is 2.15. The summed E-state index contributed by atoms with van der Waals surface area (Å²) in [5.74, 6) is -4.01. The van der Waals surface area contributed by atoms with Crippen LogP contribution in [0.15, 0.2) is 0 Å². The van der Waals surface area contributed by atoms with Gasteiger partial charge in [-0.05, 0) is 6.42 Å². The monoisotopic (exact) mass is 408 g/mol. The Balaban J connectivity index is 6.39. The van der Waals surface area contributed by atoms with Crippen LogP contribution in [-0.2, 0) is 0 Å². The lowest BCUT2D eigenvalue weighted by atomic mass is 9.76. The van der Waals surface area contributed by atoms with Gasteiger partial charge in [0.2, 0.25) is 0 Å². The molecular formula is C11H10F14. The number of alkyl halides is 14. The van der Waals surface area contributed by atoms with Crippen LogP contribution in [0.2, 0.25) is 0 Å². The van der Waals surface area contributed by atoms with Gasteiger partial charge in [0, 0.05) is 12.3 Å². The first-order valence-electron chi connectivity index (χ1n) is 6.31. The first-order valence-corrected chi connectivity index (χ1v) is 6.31. The molecule has 25 heavy (non-hydrogen) atoms. The summed E-state index contributed by atoms with van der Waals surface area (Å²) in [4.78, 5) is 0. The van der Waals surface area contributed by atoms with E-state index in [1.807, 2.05) is 0 Å². The number of hydrogen-bond donors (Lipinski definition) is 0. The molecule has 0 N–H and O–H groups in total. The molecule has 152 valence electrons. The van der Waals surface area contributed by atoms with E-state index in [1.165, 1.54) is 0 Å². The van der Waals surface area contributed by atoms with Crippen LogP contribution in [0.25, 0.3) is 0 Å². The van der Waals surface area contributed by atoms with E-state index >= 15 is 0 Å². The number of halogens is 14. The minimum atomic E-state index is -6.91. The molecule has 0 spiro atoms. The third-order valence-electron chi connectivity index (χ3n) is 3.45. The van der Waals surface area contributed by atoms with Gasteiger partial charge in [-0.15, -0.1) is 0 Å². The Hall–Kier alpha value is -0.980. The van der Waals surface area contributed by atoms with Crippen molar-refractivity contribution in [1.29, 1.82) is 0 Å². The third-order valence-corrected chi connectivity index (χ3v) is 3.45. The highest BCUT2D eigenvalue weighted by atomic mass is 19.4. The molecule has 0 aliphatic carbocycles. The average molecular weight is 408 g/mol. The Morgan fingerprint density at radius 2 is 0.880 bits per heavy atom. The van der Waals surface area contributed by atoms with E-state index in [0.29, 0.717) is 0 Å². The molecule has 0 fully saturated rings. The molecule has 0 aromatic heterocycles. The van der Waals surface area contributed by atoms with Gasteiger partial charge in [-0.25, -0.2) is 8.78 Å². The SMILES string of the molecule is CCCC(CC(F)(C(F)(F)F)C(F)(F)F)C(F)(C(F)(F)F)C(F)(F)F. The second kappa shape index (κ2) is 6.63. The van der Waals surface area contributed by atoms with Crippen LogP contribution in [0.5, 0.6) is 0 Å². The van der Waals surface area contributed by atoms with Crippen LogP contribution in [0, 0.1) is 5.92 Å². The molecule has 0 heterocycles. The first kappa shape index (κ1) is 24.0. The van der Waals surface area contributed by atoms with Crippen LogP contribution in [-0.4, -0.2) is 36.0 Å². The van der Waals surface area contributed by atoms with Crippen molar-refractivity contribution in [2.45, 2.75) is 62.2 Å². The summed E-state index contributed by atoms with van der Waals surface area (Å²) in [6.45, 7) is 0.779. The van der Waals surface area contributed by atoms with Crippen molar-refractivity contribution >= 4 is 0 Å². The number of hydrogen-bond acceptors (Lipinski definition) is 0. The maximum Gasteiger partial charge on any atom is 0.431 e. The third kappa shape index (κ3) is 4.23. The summed E-state index contributed by atoms with van der Waals surface area (Å²) in [7, 11) is 0. The van der Waals surface area contributed by atoms with E-state index in [4.69, 9.17) is 0 Å². The van der Waals surface area contributed by atoms with Crippen LogP contribution < -0.4 is 0 Å². The quantitative estimate of drug-likeness (QED) is 0.458. The maximum atomic E-state index is 13.8. The lowest BCUT2D eigenvalue weighted by molar-refractivity contribution is -0.380. The van der Waals surface area contributed by atoms with Crippen molar-refractivity contribution in [1.82, 2.24) is 0 Å². The molecule has 0 bridgehead atoms. The van der Waals surface area contributed by atoms with Crippen molar-refractivity contribution in [3.8, 4) is 0 Å². The Morgan fingerprint density at radius 1 is 0.560 bits per heavy atom.